The molecule has 0 radical (unpaired) electrons. The molecule has 0 spiro atoms. The van der Waals surface area contributed by atoms with Crippen molar-refractivity contribution in [2.45, 2.75) is 48.5 Å². The average molecular weight is 295 g/mol. The van der Waals surface area contributed by atoms with Gasteiger partial charge in [0.2, 0.25) is 0 Å². The molecule has 104 valence electrons. The Morgan fingerprint density at radius 3 is 2.44 bits per heavy atom. The molecule has 2 rings (SSSR count). The summed E-state index contributed by atoms with van der Waals surface area (Å²) in [6.45, 7) is 3.53. The third kappa shape index (κ3) is 2.49. The topological polar surface area (TPSA) is 65.3 Å². The standard InChI is InChI=1S/C11H19ClN2O3S/c1-11(2,12)8-7(16)6(15)5-9(17-8)18-10(13-5)14(3)4/h5-9,15-16H,1-4H3/t5-,6-,7+,8+,9-/m1/s1. The van der Waals surface area contributed by atoms with E-state index >= 15 is 0 Å². The van der Waals surface area contributed by atoms with Crippen LogP contribution in [0, 0.1) is 0 Å². The average Bonchev–Trinajstić information content (AvgIpc) is 2.65. The van der Waals surface area contributed by atoms with Gasteiger partial charge in [-0.2, -0.15) is 0 Å². The van der Waals surface area contributed by atoms with Crippen molar-refractivity contribution >= 4 is 28.5 Å². The molecule has 1 saturated heterocycles. The van der Waals surface area contributed by atoms with Gasteiger partial charge in [-0.25, -0.2) is 0 Å². The molecule has 0 saturated carbocycles. The maximum atomic E-state index is 10.2. The Hall–Kier alpha value is -0.0100. The lowest BCUT2D eigenvalue weighted by Crippen LogP contribution is -2.59. The lowest BCUT2D eigenvalue weighted by molar-refractivity contribution is -0.161. The SMILES string of the molecule is CN(C)C1=N[C@@H]2[C@@H](O)[C@H](O)[C@@H](C(C)(C)Cl)O[C@@H]2S1. The summed E-state index contributed by atoms with van der Waals surface area (Å²) in [5, 5.41) is 21.0. The van der Waals surface area contributed by atoms with E-state index in [0.29, 0.717) is 0 Å². The minimum atomic E-state index is -1.02. The monoisotopic (exact) mass is 294 g/mol. The van der Waals surface area contributed by atoms with Crippen molar-refractivity contribution in [3.63, 3.8) is 0 Å². The number of thioether (sulfide) groups is 1. The number of ether oxygens (including phenoxy) is 1. The predicted octanol–water partition coefficient (Wildman–Crippen LogP) is 0.483. The van der Waals surface area contributed by atoms with Crippen molar-refractivity contribution in [3.8, 4) is 0 Å². The molecule has 0 unspecified atom stereocenters. The molecule has 0 amide bonds. The van der Waals surface area contributed by atoms with E-state index in [0.717, 1.165) is 5.17 Å². The Kier molecular flexibility index (Phi) is 3.86. The summed E-state index contributed by atoms with van der Waals surface area (Å²) >= 11 is 7.66. The maximum Gasteiger partial charge on any atom is 0.161 e. The number of hydrogen-bond acceptors (Lipinski definition) is 6. The summed E-state index contributed by atoms with van der Waals surface area (Å²) in [6, 6.07) is -0.433. The molecule has 0 aliphatic carbocycles. The molecule has 5 atom stereocenters. The Bertz CT molecular complexity index is 359. The summed E-state index contributed by atoms with van der Waals surface area (Å²) in [7, 11) is 3.77. The maximum absolute atomic E-state index is 10.2. The van der Waals surface area contributed by atoms with Crippen molar-refractivity contribution in [1.82, 2.24) is 4.90 Å². The van der Waals surface area contributed by atoms with Crippen molar-refractivity contribution in [2.24, 2.45) is 4.99 Å². The number of aliphatic hydroxyl groups excluding tert-OH is 2. The summed E-state index contributed by atoms with van der Waals surface area (Å²) < 4.78 is 5.82. The van der Waals surface area contributed by atoms with Crippen molar-refractivity contribution in [3.05, 3.63) is 0 Å². The zero-order chi connectivity index (χ0) is 13.7. The fourth-order valence-corrected chi connectivity index (χ4v) is 3.45. The van der Waals surface area contributed by atoms with Crippen LogP contribution in [0.2, 0.25) is 0 Å². The normalized spacial score (nSPS) is 40.4. The van der Waals surface area contributed by atoms with Gasteiger partial charge in [-0.05, 0) is 13.8 Å². The first kappa shape index (κ1) is 14.4. The summed E-state index contributed by atoms with van der Waals surface area (Å²) in [4.78, 5) is 5.51. The number of halogens is 1. The van der Waals surface area contributed by atoms with Crippen LogP contribution in [0.25, 0.3) is 0 Å². The first-order valence-electron chi connectivity index (χ1n) is 5.84. The second-order valence-corrected chi connectivity index (χ2v) is 7.42. The van der Waals surface area contributed by atoms with Gasteiger partial charge < -0.3 is 19.8 Å². The van der Waals surface area contributed by atoms with Gasteiger partial charge in [0.15, 0.2) is 5.17 Å². The number of hydrogen-bond donors (Lipinski definition) is 2. The van der Waals surface area contributed by atoms with Crippen LogP contribution in [-0.2, 0) is 4.74 Å². The van der Waals surface area contributed by atoms with Crippen LogP contribution in [0.1, 0.15) is 13.8 Å². The summed E-state index contributed by atoms with van der Waals surface area (Å²) in [5.41, 5.74) is -0.288. The van der Waals surface area contributed by atoms with Gasteiger partial charge in [0, 0.05) is 14.1 Å². The van der Waals surface area contributed by atoms with Crippen LogP contribution in [0.3, 0.4) is 0 Å². The van der Waals surface area contributed by atoms with Crippen molar-refractivity contribution in [1.29, 1.82) is 0 Å². The molecule has 2 heterocycles. The van der Waals surface area contributed by atoms with Gasteiger partial charge in [0.05, 0.1) is 4.87 Å². The van der Waals surface area contributed by atoms with Gasteiger partial charge in [-0.3, -0.25) is 4.99 Å². The first-order chi connectivity index (χ1) is 8.21. The number of amidine groups is 1. The van der Waals surface area contributed by atoms with Crippen LogP contribution >= 0.6 is 23.4 Å². The van der Waals surface area contributed by atoms with Crippen LogP contribution in [0.5, 0.6) is 0 Å². The first-order valence-corrected chi connectivity index (χ1v) is 7.10. The number of fused-ring (bicyclic) bond motifs is 1. The van der Waals surface area contributed by atoms with Crippen LogP contribution in [0.4, 0.5) is 0 Å². The van der Waals surface area contributed by atoms with Gasteiger partial charge in [-0.15, -0.1) is 11.6 Å². The molecule has 18 heavy (non-hydrogen) atoms. The third-order valence-corrected chi connectivity index (χ3v) is 4.63. The Morgan fingerprint density at radius 1 is 1.33 bits per heavy atom. The number of rotatable bonds is 1. The summed E-state index contributed by atoms with van der Waals surface area (Å²) in [5.74, 6) is 0. The molecule has 0 bridgehead atoms. The molecular weight excluding hydrogens is 276 g/mol. The Labute approximate surface area is 116 Å². The number of nitrogens with zero attached hydrogens (tertiary/aromatic N) is 2. The third-order valence-electron chi connectivity index (χ3n) is 3.11. The number of aliphatic imine (C=N–C) groups is 1. The Morgan fingerprint density at radius 2 is 1.94 bits per heavy atom. The second kappa shape index (κ2) is 4.83. The fourth-order valence-electron chi connectivity index (χ4n) is 2.13. The van der Waals surface area contributed by atoms with Crippen molar-refractivity contribution in [2.75, 3.05) is 14.1 Å². The molecule has 2 aliphatic rings. The highest BCUT2D eigenvalue weighted by Crippen LogP contribution is 2.40. The van der Waals surface area contributed by atoms with Gasteiger partial charge in [-0.1, -0.05) is 11.8 Å². The minimum Gasteiger partial charge on any atom is -0.388 e. The minimum absolute atomic E-state index is 0.288. The van der Waals surface area contributed by atoms with Crippen LogP contribution in [0.15, 0.2) is 4.99 Å². The molecule has 0 aromatic rings. The zero-order valence-electron chi connectivity index (χ0n) is 10.9. The number of alkyl halides is 1. The van der Waals surface area contributed by atoms with E-state index in [2.05, 4.69) is 4.99 Å². The van der Waals surface area contributed by atoms with E-state index in [1.807, 2.05) is 19.0 Å². The van der Waals surface area contributed by atoms with Gasteiger partial charge >= 0.3 is 0 Å². The lowest BCUT2D eigenvalue weighted by atomic mass is 9.91. The predicted molar refractivity (Wildman–Crippen MR) is 73.1 cm³/mol. The molecule has 0 aromatic carbocycles. The van der Waals surface area contributed by atoms with Gasteiger partial charge in [0.25, 0.3) is 0 Å². The molecule has 7 heteroatoms. The van der Waals surface area contributed by atoms with E-state index < -0.39 is 29.2 Å². The summed E-state index contributed by atoms with van der Waals surface area (Å²) in [6.07, 6.45) is -2.58. The van der Waals surface area contributed by atoms with E-state index in [4.69, 9.17) is 16.3 Å². The quantitative estimate of drug-likeness (QED) is 0.689. The lowest BCUT2D eigenvalue weighted by Gasteiger charge is -2.42. The van der Waals surface area contributed by atoms with Crippen LogP contribution in [-0.4, -0.2) is 69.0 Å². The largest absolute Gasteiger partial charge is 0.388 e. The number of aliphatic hydroxyl groups is 2. The van der Waals surface area contributed by atoms with E-state index in [1.165, 1.54) is 11.8 Å². The van der Waals surface area contributed by atoms with Crippen molar-refractivity contribution < 1.29 is 14.9 Å². The van der Waals surface area contributed by atoms with Crippen LogP contribution < -0.4 is 0 Å². The molecular formula is C11H19ClN2O3S. The second-order valence-electron chi connectivity index (χ2n) is 5.39. The molecule has 0 aromatic heterocycles. The highest BCUT2D eigenvalue weighted by molar-refractivity contribution is 8.14. The fraction of sp³-hybridized carbons (Fsp3) is 0.909. The van der Waals surface area contributed by atoms with E-state index in [9.17, 15) is 10.2 Å². The van der Waals surface area contributed by atoms with Gasteiger partial charge in [0.1, 0.15) is 29.8 Å². The highest BCUT2D eigenvalue weighted by Gasteiger charge is 2.52. The molecule has 2 aliphatic heterocycles. The van der Waals surface area contributed by atoms with E-state index in [-0.39, 0.29) is 5.44 Å². The van der Waals surface area contributed by atoms with E-state index in [1.54, 1.807) is 13.8 Å². The zero-order valence-corrected chi connectivity index (χ0v) is 12.4. The molecule has 2 N–H and O–H groups in total. The molecule has 1 fully saturated rings. The highest BCUT2D eigenvalue weighted by atomic mass is 35.5. The molecule has 5 nitrogen and oxygen atoms in total. The smallest absolute Gasteiger partial charge is 0.161 e. The Balaban J connectivity index is 2.19.